The monoisotopic (exact) mass is 360 g/mol. The van der Waals surface area contributed by atoms with E-state index in [4.69, 9.17) is 4.74 Å². The number of fused-ring (bicyclic) bond motifs is 5. The van der Waals surface area contributed by atoms with Gasteiger partial charge in [0.05, 0.1) is 7.11 Å². The summed E-state index contributed by atoms with van der Waals surface area (Å²) in [4.78, 5) is 11.8. The van der Waals surface area contributed by atoms with Gasteiger partial charge in [-0.15, -0.1) is 0 Å². The summed E-state index contributed by atoms with van der Waals surface area (Å²) in [6, 6.07) is 0. The van der Waals surface area contributed by atoms with Crippen LogP contribution in [0.1, 0.15) is 91.4 Å². The van der Waals surface area contributed by atoms with Crippen LogP contribution in [0, 0.1) is 46.3 Å². The lowest BCUT2D eigenvalue weighted by atomic mass is 9.44. The second-order valence-corrected chi connectivity index (χ2v) is 10.9. The van der Waals surface area contributed by atoms with Gasteiger partial charge in [-0.05, 0) is 97.7 Å². The first-order valence-corrected chi connectivity index (χ1v) is 11.5. The molecule has 0 bridgehead atoms. The molecule has 0 spiro atoms. The fraction of sp³-hybridized carbons (Fsp3) is 0.958. The van der Waals surface area contributed by atoms with Crippen LogP contribution in [0.25, 0.3) is 0 Å². The Bertz CT molecular complexity index is 542. The molecule has 4 aliphatic carbocycles. The molecule has 0 N–H and O–H groups in total. The van der Waals surface area contributed by atoms with Crippen molar-refractivity contribution in [2.24, 2.45) is 46.3 Å². The van der Waals surface area contributed by atoms with Gasteiger partial charge in [-0.1, -0.05) is 33.6 Å². The number of carbonyl (C=O) groups excluding carboxylic acids is 1. The molecule has 4 rings (SSSR count). The molecule has 2 heteroatoms. The smallest absolute Gasteiger partial charge is 0.305 e. The lowest BCUT2D eigenvalue weighted by Gasteiger charge is -2.60. The maximum absolute atomic E-state index is 11.8. The molecule has 2 nitrogen and oxygen atoms in total. The molecule has 8 atom stereocenters. The maximum atomic E-state index is 11.8. The minimum atomic E-state index is -0.0199. The van der Waals surface area contributed by atoms with E-state index in [1.54, 1.807) is 0 Å². The van der Waals surface area contributed by atoms with Crippen LogP contribution in [0.4, 0.5) is 0 Å². The van der Waals surface area contributed by atoms with Crippen LogP contribution < -0.4 is 0 Å². The van der Waals surface area contributed by atoms with Gasteiger partial charge < -0.3 is 4.74 Å². The molecule has 4 fully saturated rings. The molecular formula is C24H40O2. The molecule has 148 valence electrons. The second kappa shape index (κ2) is 6.82. The summed E-state index contributed by atoms with van der Waals surface area (Å²) in [5.41, 5.74) is 1.10. The van der Waals surface area contributed by atoms with E-state index in [0.29, 0.717) is 29.1 Å². The molecule has 0 amide bonds. The van der Waals surface area contributed by atoms with E-state index >= 15 is 0 Å². The Hall–Kier alpha value is -0.530. The van der Waals surface area contributed by atoms with Crippen molar-refractivity contribution in [1.29, 1.82) is 0 Å². The molecule has 0 unspecified atom stereocenters. The molecule has 4 saturated carbocycles. The van der Waals surface area contributed by atoms with E-state index in [0.717, 1.165) is 23.7 Å². The van der Waals surface area contributed by atoms with Gasteiger partial charge in [0.2, 0.25) is 0 Å². The highest BCUT2D eigenvalue weighted by Gasteiger charge is 2.60. The predicted octanol–water partition coefficient (Wildman–Crippen LogP) is 6.23. The average molecular weight is 361 g/mol. The molecule has 0 aromatic carbocycles. The number of hydrogen-bond donors (Lipinski definition) is 0. The van der Waals surface area contributed by atoms with Gasteiger partial charge in [0, 0.05) is 6.42 Å². The minimum absolute atomic E-state index is 0.0199. The van der Waals surface area contributed by atoms with Crippen molar-refractivity contribution in [2.45, 2.75) is 91.4 Å². The molecule has 0 aromatic rings. The van der Waals surface area contributed by atoms with Crippen LogP contribution in [0.3, 0.4) is 0 Å². The standard InChI is InChI=1S/C24H40O2/c1-16(15-22(25)26-4)19-10-11-20-18-9-8-17-7-5-6-13-23(17,2)21(18)12-14-24(19,20)3/h16-21H,5-15H2,1-4H3/t16-,17+,18+,19-,20+,21+,23-,24+/m0/s1. The van der Waals surface area contributed by atoms with Gasteiger partial charge in [-0.2, -0.15) is 0 Å². The fourth-order valence-corrected chi connectivity index (χ4v) is 8.76. The normalized spacial score (nSPS) is 48.8. The van der Waals surface area contributed by atoms with Gasteiger partial charge in [0.1, 0.15) is 0 Å². The van der Waals surface area contributed by atoms with Crippen LogP contribution in [0.5, 0.6) is 0 Å². The van der Waals surface area contributed by atoms with Crippen molar-refractivity contribution in [3.8, 4) is 0 Å². The molecule has 0 saturated heterocycles. The van der Waals surface area contributed by atoms with E-state index in [-0.39, 0.29) is 5.97 Å². The van der Waals surface area contributed by atoms with E-state index in [2.05, 4.69) is 20.8 Å². The highest BCUT2D eigenvalue weighted by molar-refractivity contribution is 5.69. The molecule has 0 heterocycles. The molecule has 4 aliphatic rings. The maximum Gasteiger partial charge on any atom is 0.305 e. The van der Waals surface area contributed by atoms with Crippen molar-refractivity contribution >= 4 is 5.97 Å². The summed E-state index contributed by atoms with van der Waals surface area (Å²) in [7, 11) is 1.53. The Balaban J connectivity index is 1.53. The topological polar surface area (TPSA) is 26.3 Å². The van der Waals surface area contributed by atoms with E-state index in [1.807, 2.05) is 0 Å². The fourth-order valence-electron chi connectivity index (χ4n) is 8.76. The highest BCUT2D eigenvalue weighted by Crippen LogP contribution is 2.68. The third kappa shape index (κ3) is 2.76. The van der Waals surface area contributed by atoms with E-state index in [9.17, 15) is 4.79 Å². The highest BCUT2D eigenvalue weighted by atomic mass is 16.5. The summed E-state index contributed by atoms with van der Waals surface area (Å²) in [5, 5.41) is 0. The third-order valence-electron chi connectivity index (χ3n) is 10.1. The largest absolute Gasteiger partial charge is 0.469 e. The first-order chi connectivity index (χ1) is 12.4. The predicted molar refractivity (Wildman–Crippen MR) is 106 cm³/mol. The first-order valence-electron chi connectivity index (χ1n) is 11.5. The Morgan fingerprint density at radius 2 is 1.73 bits per heavy atom. The quantitative estimate of drug-likeness (QED) is 0.557. The SMILES string of the molecule is COC(=O)C[C@H](C)[C@@H]1CC[C@@H]2[C@H]3CC[C@H]4CCCC[C@]4(C)[C@@H]3CC[C@@]21C. The number of methoxy groups -OCH3 is 1. The Kier molecular flexibility index (Phi) is 4.93. The van der Waals surface area contributed by atoms with E-state index in [1.165, 1.54) is 71.3 Å². The van der Waals surface area contributed by atoms with Crippen LogP contribution in [0.15, 0.2) is 0 Å². The first kappa shape index (κ1) is 18.8. The van der Waals surface area contributed by atoms with Crippen LogP contribution in [-0.2, 0) is 9.53 Å². The third-order valence-corrected chi connectivity index (χ3v) is 10.1. The second-order valence-electron chi connectivity index (χ2n) is 10.9. The van der Waals surface area contributed by atoms with Crippen molar-refractivity contribution in [2.75, 3.05) is 7.11 Å². The van der Waals surface area contributed by atoms with Gasteiger partial charge >= 0.3 is 5.97 Å². The zero-order valence-electron chi connectivity index (χ0n) is 17.6. The zero-order valence-corrected chi connectivity index (χ0v) is 17.6. The summed E-state index contributed by atoms with van der Waals surface area (Å²) in [5.74, 6) is 5.02. The van der Waals surface area contributed by atoms with Crippen molar-refractivity contribution in [3.05, 3.63) is 0 Å². The molecule has 0 radical (unpaired) electrons. The average Bonchev–Trinajstić information content (AvgIpc) is 2.98. The van der Waals surface area contributed by atoms with Crippen LogP contribution in [-0.4, -0.2) is 13.1 Å². The van der Waals surface area contributed by atoms with Crippen molar-refractivity contribution in [3.63, 3.8) is 0 Å². The lowest BCUT2D eigenvalue weighted by molar-refractivity contribution is -0.143. The Labute approximate surface area is 160 Å². The van der Waals surface area contributed by atoms with Crippen LogP contribution in [0.2, 0.25) is 0 Å². The molecule has 26 heavy (non-hydrogen) atoms. The Morgan fingerprint density at radius 1 is 0.962 bits per heavy atom. The van der Waals surface area contributed by atoms with Gasteiger partial charge in [0.15, 0.2) is 0 Å². The van der Waals surface area contributed by atoms with Gasteiger partial charge in [-0.3, -0.25) is 4.79 Å². The summed E-state index contributed by atoms with van der Waals surface area (Å²) in [6.07, 6.45) is 15.1. The minimum Gasteiger partial charge on any atom is -0.469 e. The lowest BCUT2D eigenvalue weighted by Crippen LogP contribution is -2.53. The Morgan fingerprint density at radius 3 is 2.50 bits per heavy atom. The molecule has 0 aromatic heterocycles. The van der Waals surface area contributed by atoms with Crippen molar-refractivity contribution < 1.29 is 9.53 Å². The van der Waals surface area contributed by atoms with E-state index < -0.39 is 0 Å². The molecular weight excluding hydrogens is 320 g/mol. The summed E-state index contributed by atoms with van der Waals surface area (Å²) >= 11 is 0. The van der Waals surface area contributed by atoms with Gasteiger partial charge in [-0.25, -0.2) is 0 Å². The summed E-state index contributed by atoms with van der Waals surface area (Å²) in [6.45, 7) is 7.57. The number of rotatable bonds is 3. The van der Waals surface area contributed by atoms with Crippen molar-refractivity contribution in [1.82, 2.24) is 0 Å². The number of hydrogen-bond acceptors (Lipinski definition) is 2. The van der Waals surface area contributed by atoms with Gasteiger partial charge in [0.25, 0.3) is 0 Å². The molecule has 0 aliphatic heterocycles. The zero-order chi connectivity index (χ0) is 18.5. The number of carbonyl (C=O) groups is 1. The number of ether oxygens (including phenoxy) is 1. The number of esters is 1. The summed E-state index contributed by atoms with van der Waals surface area (Å²) < 4.78 is 4.97. The van der Waals surface area contributed by atoms with Crippen LogP contribution >= 0.6 is 0 Å².